The molecule has 9 nitrogen and oxygen atoms in total. The van der Waals surface area contributed by atoms with E-state index in [-0.39, 0.29) is 30.7 Å². The van der Waals surface area contributed by atoms with Gasteiger partial charge in [-0.1, -0.05) is 24.3 Å². The maximum absolute atomic E-state index is 13.4. The van der Waals surface area contributed by atoms with E-state index in [0.717, 1.165) is 92.1 Å². The molecule has 2 unspecified atom stereocenters. The molecule has 2 aromatic heterocycles. The number of aromatic nitrogens is 3. The number of likely N-dealkylation sites (tertiary alicyclic amines) is 1. The van der Waals surface area contributed by atoms with Crippen molar-refractivity contribution in [1.82, 2.24) is 25.0 Å². The van der Waals surface area contributed by atoms with E-state index in [0.29, 0.717) is 6.54 Å². The summed E-state index contributed by atoms with van der Waals surface area (Å²) in [6, 6.07) is 11.5. The first-order valence-electron chi connectivity index (χ1n) is 14.4. The van der Waals surface area contributed by atoms with Gasteiger partial charge in [0.05, 0.1) is 30.3 Å². The molecular formula is C31H41ClN6O3. The minimum atomic E-state index is -0.941. The number of carboxylic acid groups (broad SMARTS) is 1. The van der Waals surface area contributed by atoms with Crippen molar-refractivity contribution >= 4 is 30.1 Å². The highest BCUT2D eigenvalue weighted by Gasteiger charge is 2.28. The molecule has 3 aromatic rings. The molecular weight excluding hydrogens is 540 g/mol. The lowest BCUT2D eigenvalue weighted by Crippen LogP contribution is -2.44. The lowest BCUT2D eigenvalue weighted by atomic mass is 9.94. The summed E-state index contributed by atoms with van der Waals surface area (Å²) in [4.78, 5) is 32.3. The van der Waals surface area contributed by atoms with Crippen molar-refractivity contribution in [2.75, 3.05) is 31.5 Å². The number of hydrogen-bond acceptors (Lipinski definition) is 6. The Bertz CT molecular complexity index is 1340. The Balaban J connectivity index is 0.00000387. The summed E-state index contributed by atoms with van der Waals surface area (Å²) >= 11 is 0. The van der Waals surface area contributed by atoms with Crippen LogP contribution in [0.3, 0.4) is 0 Å². The number of carbonyl (C=O) groups is 2. The third-order valence-electron chi connectivity index (χ3n) is 8.11. The second kappa shape index (κ2) is 14.0. The lowest BCUT2D eigenvalue weighted by molar-refractivity contribution is -0.138. The zero-order valence-electron chi connectivity index (χ0n) is 23.9. The van der Waals surface area contributed by atoms with Crippen LogP contribution in [-0.4, -0.2) is 62.8 Å². The van der Waals surface area contributed by atoms with Gasteiger partial charge < -0.3 is 20.6 Å². The molecule has 1 amide bonds. The van der Waals surface area contributed by atoms with E-state index in [1.165, 1.54) is 5.56 Å². The fourth-order valence-electron chi connectivity index (χ4n) is 6.05. The fraction of sp³-hybridized carbons (Fsp3) is 0.484. The number of carbonyl (C=O) groups excluding carboxylic acids is 1. The highest BCUT2D eigenvalue weighted by atomic mass is 35.5. The van der Waals surface area contributed by atoms with Crippen molar-refractivity contribution in [3.8, 4) is 11.3 Å². The number of carboxylic acids is 1. The van der Waals surface area contributed by atoms with E-state index >= 15 is 0 Å². The van der Waals surface area contributed by atoms with Crippen LogP contribution in [0, 0.1) is 12.8 Å². The van der Waals surface area contributed by atoms with Gasteiger partial charge in [0, 0.05) is 31.4 Å². The largest absolute Gasteiger partial charge is 0.481 e. The summed E-state index contributed by atoms with van der Waals surface area (Å²) in [5, 5.41) is 20.4. The number of benzene rings is 1. The maximum Gasteiger partial charge on any atom is 0.305 e. The van der Waals surface area contributed by atoms with Gasteiger partial charge in [-0.05, 0) is 87.4 Å². The highest BCUT2D eigenvalue weighted by molar-refractivity contribution is 5.85. The first kappa shape index (κ1) is 30.5. The molecule has 1 saturated heterocycles. The van der Waals surface area contributed by atoms with E-state index in [1.54, 1.807) is 0 Å². The van der Waals surface area contributed by atoms with Gasteiger partial charge in [0.15, 0.2) is 0 Å². The monoisotopic (exact) mass is 580 g/mol. The molecule has 0 saturated carbocycles. The number of nitrogens with one attached hydrogen (secondary N) is 2. The Hall–Kier alpha value is -3.43. The average Bonchev–Trinajstić information content (AvgIpc) is 3.30. The zero-order chi connectivity index (χ0) is 28.1. The van der Waals surface area contributed by atoms with Crippen LogP contribution in [-0.2, 0) is 29.5 Å². The molecule has 4 heterocycles. The second-order valence-corrected chi connectivity index (χ2v) is 11.2. The van der Waals surface area contributed by atoms with Crippen LogP contribution in [0.15, 0.2) is 42.6 Å². The van der Waals surface area contributed by atoms with Crippen LogP contribution in [0.4, 0.5) is 5.82 Å². The van der Waals surface area contributed by atoms with Crippen LogP contribution in [0.2, 0.25) is 0 Å². The molecule has 1 fully saturated rings. The Morgan fingerprint density at radius 1 is 1.22 bits per heavy atom. The number of aliphatic carboxylic acids is 1. The predicted molar refractivity (Wildman–Crippen MR) is 162 cm³/mol. The van der Waals surface area contributed by atoms with Crippen LogP contribution >= 0.6 is 12.4 Å². The van der Waals surface area contributed by atoms with Gasteiger partial charge in [-0.2, -0.15) is 5.10 Å². The Morgan fingerprint density at radius 2 is 2.07 bits per heavy atom. The molecule has 5 rings (SSSR count). The van der Waals surface area contributed by atoms with Gasteiger partial charge in [-0.25, -0.2) is 4.98 Å². The van der Waals surface area contributed by atoms with E-state index in [2.05, 4.69) is 32.8 Å². The van der Waals surface area contributed by atoms with E-state index in [4.69, 9.17) is 4.98 Å². The van der Waals surface area contributed by atoms with Crippen molar-refractivity contribution in [2.45, 2.75) is 57.9 Å². The Kier molecular flexibility index (Phi) is 10.4. The van der Waals surface area contributed by atoms with E-state index < -0.39 is 12.0 Å². The predicted octanol–water partition coefficient (Wildman–Crippen LogP) is 4.55. The van der Waals surface area contributed by atoms with E-state index in [9.17, 15) is 14.7 Å². The highest BCUT2D eigenvalue weighted by Crippen LogP contribution is 2.28. The van der Waals surface area contributed by atoms with E-state index in [1.807, 2.05) is 49.1 Å². The molecule has 10 heteroatoms. The second-order valence-electron chi connectivity index (χ2n) is 11.2. The fourth-order valence-corrected chi connectivity index (χ4v) is 6.05. The molecule has 2 aliphatic rings. The van der Waals surface area contributed by atoms with Gasteiger partial charge in [0.1, 0.15) is 5.82 Å². The van der Waals surface area contributed by atoms with Gasteiger partial charge in [0.25, 0.3) is 0 Å². The summed E-state index contributed by atoms with van der Waals surface area (Å²) < 4.78 is 1.81. The number of piperidine rings is 1. The molecule has 0 aliphatic carbocycles. The third kappa shape index (κ3) is 7.65. The standard InChI is InChI=1S/C31H40N6O3.ClH/c1-21-19-33-36(2)29(21)24-8-3-7-23(17-24)27(18-28(38)39)35-31(40)25-10-5-15-37(20-25)16-6-11-26-13-12-22-9-4-14-32-30(22)34-26;/h3,7-8,12-13,17,19,25,27H,4-6,9-11,14-16,18,20H2,1-2H3,(H,32,34)(H,35,40)(H,38,39);1H. The smallest absolute Gasteiger partial charge is 0.305 e. The number of fused-ring (bicyclic) bond motifs is 1. The van der Waals surface area contributed by atoms with Crippen LogP contribution < -0.4 is 10.6 Å². The molecule has 220 valence electrons. The van der Waals surface area contributed by atoms with Gasteiger partial charge in [-0.15, -0.1) is 12.4 Å². The number of amides is 1. The Morgan fingerprint density at radius 3 is 2.85 bits per heavy atom. The molecule has 2 atom stereocenters. The number of anilines is 1. The number of rotatable bonds is 10. The van der Waals surface area contributed by atoms with Crippen molar-refractivity contribution < 1.29 is 14.7 Å². The van der Waals surface area contributed by atoms with Crippen LogP contribution in [0.1, 0.15) is 60.5 Å². The van der Waals surface area contributed by atoms with Crippen molar-refractivity contribution in [3.05, 3.63) is 65.0 Å². The van der Waals surface area contributed by atoms with Crippen molar-refractivity contribution in [3.63, 3.8) is 0 Å². The normalized spacial score (nSPS) is 17.6. The minimum absolute atomic E-state index is 0. The topological polar surface area (TPSA) is 112 Å². The lowest BCUT2D eigenvalue weighted by Gasteiger charge is -2.33. The molecule has 41 heavy (non-hydrogen) atoms. The molecule has 0 radical (unpaired) electrons. The molecule has 3 N–H and O–H groups in total. The first-order chi connectivity index (χ1) is 19.4. The number of hydrogen-bond donors (Lipinski definition) is 3. The number of pyridine rings is 1. The maximum atomic E-state index is 13.4. The SMILES string of the molecule is Cc1cnn(C)c1-c1cccc(C(CC(=O)O)NC(=O)C2CCCN(CCCc3ccc4c(n3)NCCC4)C2)c1.Cl. The quantitative estimate of drug-likeness (QED) is 0.322. The molecule has 0 spiro atoms. The van der Waals surface area contributed by atoms with Gasteiger partial charge in [-0.3, -0.25) is 14.3 Å². The van der Waals surface area contributed by atoms with Crippen molar-refractivity contribution in [2.24, 2.45) is 13.0 Å². The van der Waals surface area contributed by atoms with Gasteiger partial charge >= 0.3 is 5.97 Å². The van der Waals surface area contributed by atoms with Gasteiger partial charge in [0.2, 0.25) is 5.91 Å². The number of halogens is 1. The zero-order valence-corrected chi connectivity index (χ0v) is 24.8. The molecule has 1 aromatic carbocycles. The summed E-state index contributed by atoms with van der Waals surface area (Å²) in [6.07, 6.45) is 7.57. The third-order valence-corrected chi connectivity index (χ3v) is 8.11. The molecule has 0 bridgehead atoms. The summed E-state index contributed by atoms with van der Waals surface area (Å²) in [5.74, 6) is -0.127. The van der Waals surface area contributed by atoms with Crippen LogP contribution in [0.5, 0.6) is 0 Å². The summed E-state index contributed by atoms with van der Waals surface area (Å²) in [5.41, 5.74) is 6.17. The van der Waals surface area contributed by atoms with Crippen LogP contribution in [0.25, 0.3) is 11.3 Å². The summed E-state index contributed by atoms with van der Waals surface area (Å²) in [6.45, 7) is 5.58. The van der Waals surface area contributed by atoms with Crippen molar-refractivity contribution in [1.29, 1.82) is 0 Å². The molecule has 2 aliphatic heterocycles. The average molecular weight is 581 g/mol. The number of aryl methyl sites for hydroxylation is 4. The minimum Gasteiger partial charge on any atom is -0.481 e. The number of nitrogens with zero attached hydrogens (tertiary/aromatic N) is 4. The Labute approximate surface area is 248 Å². The summed E-state index contributed by atoms with van der Waals surface area (Å²) in [7, 11) is 1.89. The first-order valence-corrected chi connectivity index (χ1v) is 14.4.